The molecule has 1 aromatic carbocycles. The Kier molecular flexibility index (Phi) is 3.69. The van der Waals surface area contributed by atoms with Gasteiger partial charge in [-0.1, -0.05) is 10.8 Å². The minimum atomic E-state index is 0.849. The van der Waals surface area contributed by atoms with Gasteiger partial charge in [0.1, 0.15) is 11.4 Å². The van der Waals surface area contributed by atoms with Gasteiger partial charge in [-0.25, -0.2) is 0 Å². The first-order valence-electron chi connectivity index (χ1n) is 5.16. The van der Waals surface area contributed by atoms with Crippen molar-refractivity contribution in [3.05, 3.63) is 30.0 Å². The molecule has 0 radical (unpaired) electrons. The molecule has 0 saturated heterocycles. The molecular weight excluding hydrogens is 252 g/mol. The molecule has 0 saturated carbocycles. The average Bonchev–Trinajstić information content (AvgIpc) is 2.65. The SMILES string of the molecule is COc1ccc(-c2nn(C)c(C)c2SS)cc1. The summed E-state index contributed by atoms with van der Waals surface area (Å²) in [6, 6.07) is 7.89. The first-order chi connectivity index (χ1) is 8.17. The average molecular weight is 266 g/mol. The van der Waals surface area contributed by atoms with E-state index in [-0.39, 0.29) is 0 Å². The van der Waals surface area contributed by atoms with Gasteiger partial charge in [0.25, 0.3) is 0 Å². The maximum absolute atomic E-state index is 5.14. The van der Waals surface area contributed by atoms with Gasteiger partial charge in [0.15, 0.2) is 0 Å². The topological polar surface area (TPSA) is 27.1 Å². The van der Waals surface area contributed by atoms with Crippen LogP contribution in [0.4, 0.5) is 0 Å². The number of aromatic nitrogens is 2. The summed E-state index contributed by atoms with van der Waals surface area (Å²) >= 11 is 4.29. The van der Waals surface area contributed by atoms with Crippen LogP contribution in [-0.4, -0.2) is 16.9 Å². The lowest BCUT2D eigenvalue weighted by Crippen LogP contribution is -1.92. The Balaban J connectivity index is 2.48. The number of aryl methyl sites for hydroxylation is 1. The van der Waals surface area contributed by atoms with E-state index < -0.39 is 0 Å². The van der Waals surface area contributed by atoms with E-state index in [4.69, 9.17) is 4.74 Å². The van der Waals surface area contributed by atoms with Crippen LogP contribution >= 0.6 is 22.5 Å². The van der Waals surface area contributed by atoms with Crippen molar-refractivity contribution < 1.29 is 4.74 Å². The monoisotopic (exact) mass is 266 g/mol. The third kappa shape index (κ3) is 2.30. The largest absolute Gasteiger partial charge is 0.497 e. The van der Waals surface area contributed by atoms with E-state index in [0.717, 1.165) is 27.6 Å². The first kappa shape index (κ1) is 12.4. The number of rotatable bonds is 3. The summed E-state index contributed by atoms with van der Waals surface area (Å²) in [7, 11) is 5.03. The Hall–Kier alpha value is -1.07. The smallest absolute Gasteiger partial charge is 0.118 e. The molecule has 0 bridgehead atoms. The highest BCUT2D eigenvalue weighted by molar-refractivity contribution is 8.68. The van der Waals surface area contributed by atoms with Crippen LogP contribution < -0.4 is 4.74 Å². The lowest BCUT2D eigenvalue weighted by molar-refractivity contribution is 0.415. The van der Waals surface area contributed by atoms with Gasteiger partial charge in [-0.3, -0.25) is 4.68 Å². The first-order valence-corrected chi connectivity index (χ1v) is 7.03. The minimum absolute atomic E-state index is 0.849. The molecule has 1 aromatic heterocycles. The van der Waals surface area contributed by atoms with Crippen LogP contribution in [0.15, 0.2) is 29.2 Å². The van der Waals surface area contributed by atoms with E-state index in [1.165, 1.54) is 10.8 Å². The lowest BCUT2D eigenvalue weighted by atomic mass is 10.1. The molecule has 3 nitrogen and oxygen atoms in total. The molecule has 0 aliphatic rings. The van der Waals surface area contributed by atoms with Gasteiger partial charge < -0.3 is 4.74 Å². The van der Waals surface area contributed by atoms with E-state index in [9.17, 15) is 0 Å². The molecule has 17 heavy (non-hydrogen) atoms. The second-order valence-corrected chi connectivity index (χ2v) is 4.85. The maximum atomic E-state index is 5.14. The molecular formula is C12H14N2OS2. The van der Waals surface area contributed by atoms with Gasteiger partial charge >= 0.3 is 0 Å². The molecule has 0 aliphatic heterocycles. The zero-order chi connectivity index (χ0) is 12.4. The summed E-state index contributed by atoms with van der Waals surface area (Å²) < 4.78 is 7.02. The van der Waals surface area contributed by atoms with Crippen molar-refractivity contribution in [1.82, 2.24) is 9.78 Å². The number of ether oxygens (including phenoxy) is 1. The van der Waals surface area contributed by atoms with Crippen LogP contribution in [0.1, 0.15) is 5.69 Å². The summed E-state index contributed by atoms with van der Waals surface area (Å²) in [5.41, 5.74) is 3.16. The summed E-state index contributed by atoms with van der Waals surface area (Å²) in [5.74, 6) is 0.849. The fourth-order valence-electron chi connectivity index (χ4n) is 1.64. The summed E-state index contributed by atoms with van der Waals surface area (Å²) in [4.78, 5) is 1.10. The maximum Gasteiger partial charge on any atom is 0.118 e. The van der Waals surface area contributed by atoms with Crippen molar-refractivity contribution in [2.45, 2.75) is 11.8 Å². The zero-order valence-electron chi connectivity index (χ0n) is 9.97. The van der Waals surface area contributed by atoms with Crippen LogP contribution in [0.25, 0.3) is 11.3 Å². The van der Waals surface area contributed by atoms with Gasteiger partial charge in [-0.2, -0.15) is 5.10 Å². The van der Waals surface area contributed by atoms with Gasteiger partial charge in [-0.05, 0) is 31.2 Å². The highest BCUT2D eigenvalue weighted by Gasteiger charge is 2.14. The van der Waals surface area contributed by atoms with Crippen molar-refractivity contribution in [3.63, 3.8) is 0 Å². The molecule has 2 aromatic rings. The van der Waals surface area contributed by atoms with Gasteiger partial charge in [-0.15, -0.1) is 11.7 Å². The van der Waals surface area contributed by atoms with E-state index in [0.29, 0.717) is 0 Å². The summed E-state index contributed by atoms with van der Waals surface area (Å²) in [6.45, 7) is 2.04. The van der Waals surface area contributed by atoms with Gasteiger partial charge in [0.05, 0.1) is 17.7 Å². The third-order valence-corrected chi connectivity index (χ3v) is 3.95. The summed E-state index contributed by atoms with van der Waals surface area (Å²) in [5, 5.41) is 4.51. The highest BCUT2D eigenvalue weighted by atomic mass is 33.1. The fraction of sp³-hybridized carbons (Fsp3) is 0.250. The molecule has 0 atom stereocenters. The second-order valence-electron chi connectivity index (χ2n) is 3.71. The van der Waals surface area contributed by atoms with Crippen LogP contribution in [0.2, 0.25) is 0 Å². The molecule has 0 spiro atoms. The minimum Gasteiger partial charge on any atom is -0.497 e. The Morgan fingerprint density at radius 3 is 2.47 bits per heavy atom. The molecule has 0 aliphatic carbocycles. The Labute approximate surface area is 110 Å². The second kappa shape index (κ2) is 5.06. The predicted molar refractivity (Wildman–Crippen MR) is 74.8 cm³/mol. The highest BCUT2D eigenvalue weighted by Crippen LogP contribution is 2.35. The zero-order valence-corrected chi connectivity index (χ0v) is 11.7. The lowest BCUT2D eigenvalue weighted by Gasteiger charge is -2.02. The normalized spacial score (nSPS) is 10.6. The van der Waals surface area contributed by atoms with Crippen LogP contribution in [0.5, 0.6) is 5.75 Å². The molecule has 0 amide bonds. The van der Waals surface area contributed by atoms with Crippen LogP contribution in [-0.2, 0) is 7.05 Å². The molecule has 0 N–H and O–H groups in total. The molecule has 5 heteroatoms. The number of benzene rings is 1. The predicted octanol–water partition coefficient (Wildman–Crippen LogP) is 3.34. The van der Waals surface area contributed by atoms with E-state index in [1.807, 2.05) is 42.9 Å². The van der Waals surface area contributed by atoms with Crippen molar-refractivity contribution >= 4 is 22.5 Å². The molecule has 0 fully saturated rings. The van der Waals surface area contributed by atoms with E-state index >= 15 is 0 Å². The molecule has 0 unspecified atom stereocenters. The van der Waals surface area contributed by atoms with Crippen molar-refractivity contribution in [2.75, 3.05) is 7.11 Å². The van der Waals surface area contributed by atoms with Crippen LogP contribution in [0, 0.1) is 6.92 Å². The van der Waals surface area contributed by atoms with E-state index in [2.05, 4.69) is 16.8 Å². The Morgan fingerprint density at radius 1 is 1.29 bits per heavy atom. The number of hydrogen-bond donors (Lipinski definition) is 1. The molecule has 1 heterocycles. The van der Waals surface area contributed by atoms with Gasteiger partial charge in [0, 0.05) is 12.6 Å². The number of thiol groups is 1. The molecule has 2 rings (SSSR count). The van der Waals surface area contributed by atoms with Crippen molar-refractivity contribution in [2.24, 2.45) is 7.05 Å². The number of hydrogen-bond acceptors (Lipinski definition) is 4. The summed E-state index contributed by atoms with van der Waals surface area (Å²) in [6.07, 6.45) is 0. The number of methoxy groups -OCH3 is 1. The fourth-order valence-corrected chi connectivity index (χ4v) is 2.80. The quantitative estimate of drug-likeness (QED) is 0.682. The number of nitrogens with zero attached hydrogens (tertiary/aromatic N) is 2. The van der Waals surface area contributed by atoms with Crippen LogP contribution in [0.3, 0.4) is 0 Å². The van der Waals surface area contributed by atoms with Crippen molar-refractivity contribution in [3.8, 4) is 17.0 Å². The third-order valence-electron chi connectivity index (χ3n) is 2.73. The Bertz CT molecular complexity index is 520. The standard InChI is InChI=1S/C12H14N2OS2/c1-8-12(17-16)11(13-14(8)2)9-4-6-10(15-3)7-5-9/h4-7,16H,1-3H3. The Morgan fingerprint density at radius 2 is 1.94 bits per heavy atom. The van der Waals surface area contributed by atoms with E-state index in [1.54, 1.807) is 7.11 Å². The van der Waals surface area contributed by atoms with Crippen molar-refractivity contribution in [1.29, 1.82) is 0 Å². The van der Waals surface area contributed by atoms with Gasteiger partial charge in [0.2, 0.25) is 0 Å². The molecule has 90 valence electrons.